The number of hydrogen-bond acceptors (Lipinski definition) is 6. The minimum Gasteiger partial charge on any atom is -0.465 e. The van der Waals surface area contributed by atoms with E-state index < -0.39 is 16.0 Å². The molecule has 0 saturated carbocycles. The second kappa shape index (κ2) is 7.01. The van der Waals surface area contributed by atoms with Gasteiger partial charge in [-0.2, -0.15) is 0 Å². The van der Waals surface area contributed by atoms with Gasteiger partial charge in [-0.05, 0) is 48.9 Å². The third kappa shape index (κ3) is 3.60. The molecule has 0 spiro atoms. The van der Waals surface area contributed by atoms with E-state index in [0.29, 0.717) is 17.0 Å². The molecular weight excluding hydrogens is 356 g/mol. The van der Waals surface area contributed by atoms with Gasteiger partial charge in [-0.1, -0.05) is 6.07 Å². The molecule has 3 rings (SSSR count). The number of hydrogen-bond donors (Lipinski definition) is 1. The average Bonchev–Trinajstić information content (AvgIpc) is 3.16. The largest absolute Gasteiger partial charge is 0.465 e. The first-order valence-electron chi connectivity index (χ1n) is 7.61. The van der Waals surface area contributed by atoms with Crippen LogP contribution in [-0.4, -0.2) is 26.5 Å². The van der Waals surface area contributed by atoms with Gasteiger partial charge in [0, 0.05) is 11.3 Å². The number of esters is 1. The van der Waals surface area contributed by atoms with Crippen molar-refractivity contribution in [2.75, 3.05) is 11.8 Å². The van der Waals surface area contributed by atoms with Gasteiger partial charge in [0.25, 0.3) is 10.0 Å². The molecule has 0 aliphatic rings. The van der Waals surface area contributed by atoms with E-state index in [9.17, 15) is 13.2 Å². The van der Waals surface area contributed by atoms with Gasteiger partial charge >= 0.3 is 5.97 Å². The van der Waals surface area contributed by atoms with Crippen LogP contribution in [0.3, 0.4) is 0 Å². The van der Waals surface area contributed by atoms with E-state index in [-0.39, 0.29) is 10.5 Å². The molecule has 0 aliphatic heterocycles. The van der Waals surface area contributed by atoms with Crippen LogP contribution >= 0.6 is 0 Å². The zero-order chi connectivity index (χ0) is 18.7. The quantitative estimate of drug-likeness (QED) is 0.691. The van der Waals surface area contributed by atoms with Crippen LogP contribution in [0.2, 0.25) is 0 Å². The van der Waals surface area contributed by atoms with Crippen LogP contribution in [-0.2, 0) is 14.8 Å². The van der Waals surface area contributed by atoms with Crippen LogP contribution in [0.15, 0.2) is 64.4 Å². The Bertz CT molecular complexity index is 1030. The number of nitrogens with one attached hydrogen (secondary N) is 1. The van der Waals surface area contributed by atoms with Crippen LogP contribution < -0.4 is 4.72 Å². The second-order valence-electron chi connectivity index (χ2n) is 5.52. The summed E-state index contributed by atoms with van der Waals surface area (Å²) in [6.07, 6.45) is 2.89. The molecule has 0 aliphatic carbocycles. The number of oxazole rings is 1. The van der Waals surface area contributed by atoms with Crippen molar-refractivity contribution in [3.63, 3.8) is 0 Å². The molecule has 1 N–H and O–H groups in total. The van der Waals surface area contributed by atoms with Crippen LogP contribution in [0.4, 0.5) is 5.69 Å². The van der Waals surface area contributed by atoms with Crippen molar-refractivity contribution in [3.8, 4) is 11.3 Å². The molecule has 7 nitrogen and oxygen atoms in total. The number of sulfonamides is 1. The predicted octanol–water partition coefficient (Wildman–Crippen LogP) is 3.24. The number of anilines is 1. The fraction of sp³-hybridized carbons (Fsp3) is 0.111. The summed E-state index contributed by atoms with van der Waals surface area (Å²) in [6.45, 7) is 1.66. The SMILES string of the molecule is COC(=O)c1ccc(C)c(S(=O)(=O)Nc2ccc(-c3cnco3)cc2)c1. The lowest BCUT2D eigenvalue weighted by Gasteiger charge is -2.12. The summed E-state index contributed by atoms with van der Waals surface area (Å²) < 4.78 is 37.8. The monoisotopic (exact) mass is 372 g/mol. The van der Waals surface area contributed by atoms with Gasteiger partial charge in [0.2, 0.25) is 0 Å². The highest BCUT2D eigenvalue weighted by molar-refractivity contribution is 7.92. The van der Waals surface area contributed by atoms with E-state index in [1.807, 2.05) is 0 Å². The fourth-order valence-electron chi connectivity index (χ4n) is 2.41. The molecule has 0 saturated heterocycles. The van der Waals surface area contributed by atoms with Gasteiger partial charge < -0.3 is 9.15 Å². The third-order valence-corrected chi connectivity index (χ3v) is 5.28. The van der Waals surface area contributed by atoms with E-state index in [1.165, 1.54) is 25.6 Å². The summed E-state index contributed by atoms with van der Waals surface area (Å²) in [4.78, 5) is 15.5. The minimum absolute atomic E-state index is 0.0136. The van der Waals surface area contributed by atoms with Gasteiger partial charge in [0.15, 0.2) is 12.2 Å². The van der Waals surface area contributed by atoms with Crippen molar-refractivity contribution in [2.45, 2.75) is 11.8 Å². The molecule has 1 heterocycles. The zero-order valence-electron chi connectivity index (χ0n) is 14.1. The molecule has 134 valence electrons. The van der Waals surface area contributed by atoms with Gasteiger partial charge in [-0.3, -0.25) is 4.72 Å². The van der Waals surface area contributed by atoms with Crippen LogP contribution in [0, 0.1) is 6.92 Å². The molecule has 0 atom stereocenters. The molecule has 0 fully saturated rings. The highest BCUT2D eigenvalue weighted by Crippen LogP contribution is 2.24. The number of aryl methyl sites for hydroxylation is 1. The summed E-state index contributed by atoms with van der Waals surface area (Å²) in [7, 11) is -2.63. The Balaban J connectivity index is 1.88. The van der Waals surface area contributed by atoms with Gasteiger partial charge in [0.1, 0.15) is 0 Å². The molecule has 0 bridgehead atoms. The van der Waals surface area contributed by atoms with E-state index >= 15 is 0 Å². The van der Waals surface area contributed by atoms with Gasteiger partial charge in [0.05, 0.1) is 23.8 Å². The maximum Gasteiger partial charge on any atom is 0.337 e. The van der Waals surface area contributed by atoms with Crippen LogP contribution in [0.1, 0.15) is 15.9 Å². The zero-order valence-corrected chi connectivity index (χ0v) is 14.9. The Morgan fingerprint density at radius 1 is 1.15 bits per heavy atom. The fourth-order valence-corrected chi connectivity index (χ4v) is 3.74. The molecular formula is C18H16N2O5S. The van der Waals surface area contributed by atoms with Crippen molar-refractivity contribution in [1.82, 2.24) is 4.98 Å². The summed E-state index contributed by atoms with van der Waals surface area (Å²) in [5.41, 5.74) is 1.84. The molecule has 3 aromatic rings. The summed E-state index contributed by atoms with van der Waals surface area (Å²) >= 11 is 0. The summed E-state index contributed by atoms with van der Waals surface area (Å²) in [5, 5.41) is 0. The highest BCUT2D eigenvalue weighted by Gasteiger charge is 2.19. The summed E-state index contributed by atoms with van der Waals surface area (Å²) in [6, 6.07) is 11.1. The normalized spacial score (nSPS) is 11.2. The van der Waals surface area contributed by atoms with Crippen molar-refractivity contribution < 1.29 is 22.4 Å². The van der Waals surface area contributed by atoms with Crippen LogP contribution in [0.25, 0.3) is 11.3 Å². The van der Waals surface area contributed by atoms with Crippen molar-refractivity contribution in [2.24, 2.45) is 0 Å². The Hall–Kier alpha value is -3.13. The lowest BCUT2D eigenvalue weighted by atomic mass is 10.1. The molecule has 0 amide bonds. The Kier molecular flexibility index (Phi) is 4.77. The maximum absolute atomic E-state index is 12.7. The topological polar surface area (TPSA) is 98.5 Å². The first kappa shape index (κ1) is 17.7. The number of benzene rings is 2. The first-order chi connectivity index (χ1) is 12.4. The molecule has 1 aromatic heterocycles. The molecule has 0 radical (unpaired) electrons. The lowest BCUT2D eigenvalue weighted by molar-refractivity contribution is 0.0600. The van der Waals surface area contributed by atoms with E-state index in [2.05, 4.69) is 14.4 Å². The number of ether oxygens (including phenoxy) is 1. The van der Waals surface area contributed by atoms with Crippen molar-refractivity contribution in [3.05, 3.63) is 66.2 Å². The van der Waals surface area contributed by atoms with Crippen molar-refractivity contribution in [1.29, 1.82) is 0 Å². The number of aromatic nitrogens is 1. The molecule has 2 aromatic carbocycles. The maximum atomic E-state index is 12.7. The summed E-state index contributed by atoms with van der Waals surface area (Å²) in [5.74, 6) is -0.0149. The van der Waals surface area contributed by atoms with E-state index in [0.717, 1.165) is 5.56 Å². The molecule has 8 heteroatoms. The number of methoxy groups -OCH3 is 1. The average molecular weight is 372 g/mol. The first-order valence-corrected chi connectivity index (χ1v) is 9.10. The Morgan fingerprint density at radius 2 is 1.88 bits per heavy atom. The standard InChI is InChI=1S/C18H16N2O5S/c1-12-3-4-14(18(21)24-2)9-17(12)26(22,23)20-15-7-5-13(6-8-15)16-10-19-11-25-16/h3-11,20H,1-2H3. The van der Waals surface area contributed by atoms with E-state index in [4.69, 9.17) is 4.42 Å². The Labute approximate surface area is 150 Å². The Morgan fingerprint density at radius 3 is 2.50 bits per heavy atom. The lowest BCUT2D eigenvalue weighted by Crippen LogP contribution is -2.15. The van der Waals surface area contributed by atoms with Gasteiger partial charge in [-0.15, -0.1) is 0 Å². The smallest absolute Gasteiger partial charge is 0.337 e. The van der Waals surface area contributed by atoms with E-state index in [1.54, 1.807) is 43.5 Å². The third-order valence-electron chi connectivity index (χ3n) is 3.75. The predicted molar refractivity (Wildman–Crippen MR) is 95.3 cm³/mol. The second-order valence-corrected chi connectivity index (χ2v) is 7.17. The number of nitrogens with zero attached hydrogens (tertiary/aromatic N) is 1. The number of rotatable bonds is 5. The van der Waals surface area contributed by atoms with Crippen LogP contribution in [0.5, 0.6) is 0 Å². The molecule has 26 heavy (non-hydrogen) atoms. The molecule has 0 unspecified atom stereocenters. The number of carbonyl (C=O) groups is 1. The van der Waals surface area contributed by atoms with Gasteiger partial charge in [-0.25, -0.2) is 18.2 Å². The van der Waals surface area contributed by atoms with Crippen molar-refractivity contribution >= 4 is 21.7 Å². The highest BCUT2D eigenvalue weighted by atomic mass is 32.2. The minimum atomic E-state index is -3.87. The number of carbonyl (C=O) groups excluding carboxylic acids is 1.